The standard InChI is InChI=1S/C13H9Cl2F3N4O3/c1-22(6-2-3-7(14)8(15)4-6)5-9-10(20-21-19-9)11(23)25-12(24)13(16,17)18/h2-4H,5H2,1H3,(H,19,20,21). The van der Waals surface area contributed by atoms with E-state index in [0.29, 0.717) is 15.7 Å². The van der Waals surface area contributed by atoms with Gasteiger partial charge in [-0.2, -0.15) is 13.2 Å². The van der Waals surface area contributed by atoms with Crippen molar-refractivity contribution in [1.82, 2.24) is 15.4 Å². The number of carbonyl (C=O) groups excluding carboxylic acids is 2. The number of hydrogen-bond acceptors (Lipinski definition) is 6. The van der Waals surface area contributed by atoms with E-state index in [1.165, 1.54) is 0 Å². The summed E-state index contributed by atoms with van der Waals surface area (Å²) in [5.74, 6) is -4.17. The van der Waals surface area contributed by atoms with Crippen LogP contribution in [0.25, 0.3) is 0 Å². The zero-order valence-corrected chi connectivity index (χ0v) is 13.9. The smallest absolute Gasteiger partial charge is 0.381 e. The fourth-order valence-corrected chi connectivity index (χ4v) is 2.05. The molecule has 25 heavy (non-hydrogen) atoms. The second-order valence-corrected chi connectivity index (χ2v) is 5.58. The van der Waals surface area contributed by atoms with Gasteiger partial charge in [-0.1, -0.05) is 28.4 Å². The Kier molecular flexibility index (Phi) is 5.53. The van der Waals surface area contributed by atoms with Crippen LogP contribution < -0.4 is 4.90 Å². The Morgan fingerprint density at radius 2 is 1.96 bits per heavy atom. The van der Waals surface area contributed by atoms with Crippen molar-refractivity contribution in [2.24, 2.45) is 0 Å². The first kappa shape index (κ1) is 19.0. The number of ether oxygens (including phenoxy) is 1. The van der Waals surface area contributed by atoms with Crippen molar-refractivity contribution in [2.45, 2.75) is 12.7 Å². The summed E-state index contributed by atoms with van der Waals surface area (Å²) >= 11 is 11.7. The molecule has 0 saturated carbocycles. The quantitative estimate of drug-likeness (QED) is 0.631. The summed E-state index contributed by atoms with van der Waals surface area (Å²) in [6.45, 7) is -0.0287. The average molecular weight is 397 g/mol. The number of nitrogens with one attached hydrogen (secondary N) is 1. The maximum Gasteiger partial charge on any atom is 0.491 e. The van der Waals surface area contributed by atoms with Crippen molar-refractivity contribution >= 4 is 40.8 Å². The molecule has 0 atom stereocenters. The van der Waals surface area contributed by atoms with Gasteiger partial charge in [0.05, 0.1) is 16.6 Å². The molecule has 0 fully saturated rings. The number of anilines is 1. The van der Waals surface area contributed by atoms with Crippen LogP contribution in [0.4, 0.5) is 18.9 Å². The number of aromatic amines is 1. The number of benzene rings is 1. The molecule has 2 aromatic rings. The predicted molar refractivity (Wildman–Crippen MR) is 81.4 cm³/mol. The lowest BCUT2D eigenvalue weighted by Gasteiger charge is -2.18. The number of aromatic nitrogens is 3. The maximum absolute atomic E-state index is 12.2. The highest BCUT2D eigenvalue weighted by Gasteiger charge is 2.43. The number of halogens is 5. The Labute approximate surface area is 148 Å². The van der Waals surface area contributed by atoms with Crippen molar-refractivity contribution < 1.29 is 27.5 Å². The van der Waals surface area contributed by atoms with Gasteiger partial charge in [0, 0.05) is 12.7 Å². The van der Waals surface area contributed by atoms with E-state index < -0.39 is 23.8 Å². The number of alkyl halides is 3. The minimum atomic E-state index is -5.29. The summed E-state index contributed by atoms with van der Waals surface area (Å²) in [7, 11) is 1.62. The van der Waals surface area contributed by atoms with Crippen molar-refractivity contribution in [3.8, 4) is 0 Å². The number of carbonyl (C=O) groups is 2. The number of rotatable bonds is 4. The van der Waals surface area contributed by atoms with Gasteiger partial charge in [0.1, 0.15) is 5.69 Å². The Morgan fingerprint density at radius 1 is 1.28 bits per heavy atom. The van der Waals surface area contributed by atoms with Crippen molar-refractivity contribution in [1.29, 1.82) is 0 Å². The second-order valence-electron chi connectivity index (χ2n) is 4.76. The summed E-state index contributed by atoms with van der Waals surface area (Å²) < 4.78 is 40.2. The van der Waals surface area contributed by atoms with E-state index in [2.05, 4.69) is 20.1 Å². The Bertz CT molecular complexity index is 810. The molecule has 0 spiro atoms. The van der Waals surface area contributed by atoms with Gasteiger partial charge in [-0.3, -0.25) is 5.10 Å². The summed E-state index contributed by atoms with van der Waals surface area (Å²) in [6.07, 6.45) is -5.29. The molecule has 0 amide bonds. The molecule has 1 heterocycles. The van der Waals surface area contributed by atoms with Crippen LogP contribution in [0, 0.1) is 0 Å². The Morgan fingerprint density at radius 3 is 2.56 bits per heavy atom. The van der Waals surface area contributed by atoms with E-state index in [9.17, 15) is 22.8 Å². The lowest BCUT2D eigenvalue weighted by atomic mass is 10.2. The third-order valence-corrected chi connectivity index (χ3v) is 3.71. The number of esters is 2. The zero-order valence-electron chi connectivity index (χ0n) is 12.4. The molecule has 1 aromatic carbocycles. The monoisotopic (exact) mass is 396 g/mol. The van der Waals surface area contributed by atoms with Crippen molar-refractivity contribution in [3.05, 3.63) is 39.6 Å². The summed E-state index contributed by atoms with van der Waals surface area (Å²) in [6, 6.07) is 4.74. The molecular formula is C13H9Cl2F3N4O3. The molecule has 0 aliphatic carbocycles. The maximum atomic E-state index is 12.2. The highest BCUT2D eigenvalue weighted by atomic mass is 35.5. The van der Waals surface area contributed by atoms with Crippen molar-refractivity contribution in [2.75, 3.05) is 11.9 Å². The molecule has 1 aromatic heterocycles. The zero-order chi connectivity index (χ0) is 18.8. The van der Waals surface area contributed by atoms with Gasteiger partial charge in [0.2, 0.25) is 0 Å². The van der Waals surface area contributed by atoms with Gasteiger partial charge in [-0.15, -0.1) is 5.10 Å². The van der Waals surface area contributed by atoms with E-state index in [-0.39, 0.29) is 12.2 Å². The number of H-pyrrole nitrogens is 1. The van der Waals surface area contributed by atoms with Gasteiger partial charge >= 0.3 is 18.1 Å². The SMILES string of the molecule is CN(Cc1nn[nH]c1C(=O)OC(=O)C(F)(F)F)c1ccc(Cl)c(Cl)c1. The molecule has 2 rings (SSSR count). The normalized spacial score (nSPS) is 11.3. The minimum Gasteiger partial charge on any atom is -0.381 e. The van der Waals surface area contributed by atoms with Crippen LogP contribution in [0.1, 0.15) is 16.2 Å². The number of hydrogen-bond donors (Lipinski definition) is 1. The van der Waals surface area contributed by atoms with E-state index in [4.69, 9.17) is 23.2 Å². The molecule has 134 valence electrons. The van der Waals surface area contributed by atoms with Crippen LogP contribution >= 0.6 is 23.2 Å². The molecule has 0 bridgehead atoms. The third kappa shape index (κ3) is 4.60. The predicted octanol–water partition coefficient (Wildman–Crippen LogP) is 2.99. The average Bonchev–Trinajstić information content (AvgIpc) is 2.97. The van der Waals surface area contributed by atoms with E-state index in [0.717, 1.165) is 0 Å². The van der Waals surface area contributed by atoms with Crippen LogP contribution in [0.15, 0.2) is 18.2 Å². The fourth-order valence-electron chi connectivity index (χ4n) is 1.76. The topological polar surface area (TPSA) is 88.2 Å². The van der Waals surface area contributed by atoms with E-state index in [1.807, 2.05) is 0 Å². The lowest BCUT2D eigenvalue weighted by molar-refractivity contribution is -0.193. The minimum absolute atomic E-state index is 0.0199. The van der Waals surface area contributed by atoms with Crippen LogP contribution in [0.2, 0.25) is 10.0 Å². The second kappa shape index (κ2) is 7.28. The van der Waals surface area contributed by atoms with Crippen molar-refractivity contribution in [3.63, 3.8) is 0 Å². The first-order chi connectivity index (χ1) is 11.6. The highest BCUT2D eigenvalue weighted by molar-refractivity contribution is 6.42. The molecule has 0 aliphatic heterocycles. The first-order valence-corrected chi connectivity index (χ1v) is 7.24. The molecule has 0 aliphatic rings. The lowest BCUT2D eigenvalue weighted by Crippen LogP contribution is -2.29. The van der Waals surface area contributed by atoms with Gasteiger partial charge in [-0.25, -0.2) is 9.59 Å². The van der Waals surface area contributed by atoms with Crippen LogP contribution in [-0.4, -0.2) is 40.6 Å². The van der Waals surface area contributed by atoms with Gasteiger partial charge in [-0.05, 0) is 18.2 Å². The Hall–Kier alpha value is -2.33. The number of nitrogens with zero attached hydrogens (tertiary/aromatic N) is 3. The van der Waals surface area contributed by atoms with Gasteiger partial charge in [0.25, 0.3) is 0 Å². The molecule has 0 saturated heterocycles. The van der Waals surface area contributed by atoms with Gasteiger partial charge < -0.3 is 9.64 Å². The van der Waals surface area contributed by atoms with Gasteiger partial charge in [0.15, 0.2) is 5.69 Å². The molecule has 12 heteroatoms. The summed E-state index contributed by atoms with van der Waals surface area (Å²) in [5, 5.41) is 9.71. The third-order valence-electron chi connectivity index (χ3n) is 2.97. The fraction of sp³-hybridized carbons (Fsp3) is 0.231. The van der Waals surface area contributed by atoms with E-state index in [1.54, 1.807) is 30.1 Å². The molecule has 7 nitrogen and oxygen atoms in total. The first-order valence-electron chi connectivity index (χ1n) is 6.49. The summed E-state index contributed by atoms with van der Waals surface area (Å²) in [4.78, 5) is 24.0. The highest BCUT2D eigenvalue weighted by Crippen LogP contribution is 2.27. The summed E-state index contributed by atoms with van der Waals surface area (Å²) in [5.41, 5.74) is 0.112. The molecule has 0 radical (unpaired) electrons. The molecule has 0 unspecified atom stereocenters. The van der Waals surface area contributed by atoms with Crippen LogP contribution in [-0.2, 0) is 16.1 Å². The molecular weight excluding hydrogens is 388 g/mol. The molecule has 1 N–H and O–H groups in total. The largest absolute Gasteiger partial charge is 0.491 e. The van der Waals surface area contributed by atoms with Crippen LogP contribution in [0.5, 0.6) is 0 Å². The Balaban J connectivity index is 2.14. The van der Waals surface area contributed by atoms with E-state index >= 15 is 0 Å². The van der Waals surface area contributed by atoms with Crippen LogP contribution in [0.3, 0.4) is 0 Å².